The highest BCUT2D eigenvalue weighted by Crippen LogP contribution is 2.04. The average molecular weight is 145 g/mol. The summed E-state index contributed by atoms with van der Waals surface area (Å²) in [4.78, 5) is 10.0. The van der Waals surface area contributed by atoms with E-state index in [0.717, 1.165) is 0 Å². The molecule has 5 heteroatoms. The van der Waals surface area contributed by atoms with E-state index in [1.54, 1.807) is 0 Å². The van der Waals surface area contributed by atoms with Crippen molar-refractivity contribution in [1.82, 2.24) is 0 Å². The zero-order valence-electron chi connectivity index (χ0n) is 5.15. The van der Waals surface area contributed by atoms with Gasteiger partial charge in [0, 0.05) is 0 Å². The molecule has 1 amide bonds. The number of carbonyl (C=O) groups excluding carboxylic acids is 1. The molecule has 0 spiro atoms. The van der Waals surface area contributed by atoms with E-state index in [-0.39, 0.29) is 6.61 Å². The van der Waals surface area contributed by atoms with Crippen molar-refractivity contribution in [2.24, 2.45) is 5.73 Å². The van der Waals surface area contributed by atoms with Crippen LogP contribution in [-0.4, -0.2) is 19.0 Å². The summed E-state index contributed by atoms with van der Waals surface area (Å²) in [6.45, 7) is 0.0162. The minimum atomic E-state index is -0.834. The number of hydrogen-bond acceptors (Lipinski definition) is 4. The molecule has 1 rings (SSSR count). The molecule has 0 saturated heterocycles. The molecule has 1 heterocycles. The van der Waals surface area contributed by atoms with Crippen LogP contribution in [0.1, 0.15) is 0 Å². The van der Waals surface area contributed by atoms with Gasteiger partial charge in [0.1, 0.15) is 12.5 Å². The maximum absolute atomic E-state index is 10.0. The Bertz CT molecular complexity index is 148. The summed E-state index contributed by atoms with van der Waals surface area (Å²) in [5, 5.41) is 0. The van der Waals surface area contributed by atoms with Gasteiger partial charge in [0.25, 0.3) is 6.29 Å². The third kappa shape index (κ3) is 1.85. The SMILES string of the molecule is NC(=O)OCC1OC=CO1. The van der Waals surface area contributed by atoms with E-state index < -0.39 is 12.4 Å². The molecule has 0 fully saturated rings. The topological polar surface area (TPSA) is 70.8 Å². The summed E-state index contributed by atoms with van der Waals surface area (Å²) in [5.41, 5.74) is 4.68. The predicted octanol–water partition coefficient (Wildman–Crippen LogP) is -0.0742. The van der Waals surface area contributed by atoms with E-state index in [1.165, 1.54) is 12.5 Å². The number of primary amides is 1. The van der Waals surface area contributed by atoms with E-state index in [0.29, 0.717) is 0 Å². The number of carbonyl (C=O) groups is 1. The molecule has 56 valence electrons. The Kier molecular flexibility index (Phi) is 1.99. The van der Waals surface area contributed by atoms with Gasteiger partial charge >= 0.3 is 6.09 Å². The Labute approximate surface area is 57.3 Å². The van der Waals surface area contributed by atoms with Crippen LogP contribution in [0.5, 0.6) is 0 Å². The first-order chi connectivity index (χ1) is 4.79. The first-order valence-electron chi connectivity index (χ1n) is 2.67. The molecule has 0 aromatic rings. The minimum absolute atomic E-state index is 0.0162. The second-order valence-corrected chi connectivity index (χ2v) is 1.60. The van der Waals surface area contributed by atoms with Crippen molar-refractivity contribution in [1.29, 1.82) is 0 Å². The summed E-state index contributed by atoms with van der Waals surface area (Å²) in [6, 6.07) is 0. The van der Waals surface area contributed by atoms with Gasteiger partial charge < -0.3 is 19.9 Å². The van der Waals surface area contributed by atoms with Crippen LogP contribution in [0.2, 0.25) is 0 Å². The van der Waals surface area contributed by atoms with Gasteiger partial charge in [0.15, 0.2) is 6.61 Å². The van der Waals surface area contributed by atoms with E-state index in [4.69, 9.17) is 9.47 Å². The highest BCUT2D eigenvalue weighted by Gasteiger charge is 2.13. The Morgan fingerprint density at radius 1 is 1.60 bits per heavy atom. The van der Waals surface area contributed by atoms with Gasteiger partial charge in [0.05, 0.1) is 0 Å². The van der Waals surface area contributed by atoms with Gasteiger partial charge in [-0.2, -0.15) is 0 Å². The summed E-state index contributed by atoms with van der Waals surface area (Å²) in [6.07, 6.45) is 1.37. The lowest BCUT2D eigenvalue weighted by molar-refractivity contribution is -0.0612. The minimum Gasteiger partial charge on any atom is -0.456 e. The second-order valence-electron chi connectivity index (χ2n) is 1.60. The molecule has 0 aliphatic carbocycles. The molecule has 0 saturated carbocycles. The van der Waals surface area contributed by atoms with Gasteiger partial charge in [0.2, 0.25) is 0 Å². The normalized spacial score (nSPS) is 16.0. The number of amides is 1. The van der Waals surface area contributed by atoms with E-state index in [2.05, 4.69) is 10.5 Å². The van der Waals surface area contributed by atoms with Gasteiger partial charge in [-0.15, -0.1) is 0 Å². The summed E-state index contributed by atoms with van der Waals surface area (Å²) >= 11 is 0. The van der Waals surface area contributed by atoms with Crippen LogP contribution in [-0.2, 0) is 14.2 Å². The van der Waals surface area contributed by atoms with Crippen molar-refractivity contribution < 1.29 is 19.0 Å². The smallest absolute Gasteiger partial charge is 0.404 e. The van der Waals surface area contributed by atoms with E-state index in [1.807, 2.05) is 0 Å². The number of rotatable bonds is 2. The lowest BCUT2D eigenvalue weighted by Crippen LogP contribution is -2.22. The largest absolute Gasteiger partial charge is 0.456 e. The summed E-state index contributed by atoms with van der Waals surface area (Å²) in [5.74, 6) is 0. The molecule has 0 bridgehead atoms. The first kappa shape index (κ1) is 6.73. The van der Waals surface area contributed by atoms with Gasteiger partial charge in [-0.25, -0.2) is 4.79 Å². The number of nitrogens with two attached hydrogens (primary N) is 1. The van der Waals surface area contributed by atoms with Crippen LogP contribution in [0, 0.1) is 0 Å². The van der Waals surface area contributed by atoms with Crippen LogP contribution in [0.15, 0.2) is 12.5 Å². The molecule has 0 unspecified atom stereocenters. The zero-order valence-corrected chi connectivity index (χ0v) is 5.15. The Balaban J connectivity index is 2.09. The Hall–Kier alpha value is -1.39. The molecule has 2 N–H and O–H groups in total. The zero-order chi connectivity index (χ0) is 7.40. The fraction of sp³-hybridized carbons (Fsp3) is 0.400. The van der Waals surface area contributed by atoms with E-state index in [9.17, 15) is 4.79 Å². The van der Waals surface area contributed by atoms with Crippen molar-refractivity contribution in [3.05, 3.63) is 12.5 Å². The molecule has 1 aliphatic heterocycles. The second kappa shape index (κ2) is 2.95. The molecular formula is C5H7NO4. The predicted molar refractivity (Wildman–Crippen MR) is 30.6 cm³/mol. The maximum Gasteiger partial charge on any atom is 0.404 e. The van der Waals surface area contributed by atoms with Crippen LogP contribution in [0.25, 0.3) is 0 Å². The van der Waals surface area contributed by atoms with Crippen LogP contribution >= 0.6 is 0 Å². The van der Waals surface area contributed by atoms with Crippen molar-refractivity contribution in [2.75, 3.05) is 6.61 Å². The molecule has 0 radical (unpaired) electrons. The maximum atomic E-state index is 10.0. The average Bonchev–Trinajstić information content (AvgIpc) is 2.34. The molecule has 0 aromatic heterocycles. The van der Waals surface area contributed by atoms with Crippen molar-refractivity contribution in [3.63, 3.8) is 0 Å². The van der Waals surface area contributed by atoms with Gasteiger partial charge in [-0.05, 0) is 0 Å². The summed E-state index contributed by atoms with van der Waals surface area (Å²) in [7, 11) is 0. The van der Waals surface area contributed by atoms with E-state index >= 15 is 0 Å². The van der Waals surface area contributed by atoms with Crippen LogP contribution < -0.4 is 5.73 Å². The molecule has 10 heavy (non-hydrogen) atoms. The third-order valence-electron chi connectivity index (χ3n) is 0.878. The monoisotopic (exact) mass is 145 g/mol. The molecule has 1 aliphatic rings. The third-order valence-corrected chi connectivity index (χ3v) is 0.878. The van der Waals surface area contributed by atoms with Gasteiger partial charge in [-0.1, -0.05) is 0 Å². The molecule has 5 nitrogen and oxygen atoms in total. The lowest BCUT2D eigenvalue weighted by atomic mass is 10.7. The van der Waals surface area contributed by atoms with Crippen molar-refractivity contribution >= 4 is 6.09 Å². The van der Waals surface area contributed by atoms with Gasteiger partial charge in [-0.3, -0.25) is 0 Å². The number of ether oxygens (including phenoxy) is 3. The summed E-state index contributed by atoms with van der Waals surface area (Å²) < 4.78 is 13.9. The van der Waals surface area contributed by atoms with Crippen LogP contribution in [0.3, 0.4) is 0 Å². The van der Waals surface area contributed by atoms with Crippen molar-refractivity contribution in [2.45, 2.75) is 6.29 Å². The Morgan fingerprint density at radius 2 is 2.20 bits per heavy atom. The quantitative estimate of drug-likeness (QED) is 0.590. The Morgan fingerprint density at radius 3 is 2.70 bits per heavy atom. The standard InChI is InChI=1S/C5H7NO4/c6-5(7)10-3-4-8-1-2-9-4/h1-2,4H,3H2,(H2,6,7). The van der Waals surface area contributed by atoms with Crippen molar-refractivity contribution in [3.8, 4) is 0 Å². The number of hydrogen-bond donors (Lipinski definition) is 1. The molecule has 0 atom stereocenters. The fourth-order valence-electron chi connectivity index (χ4n) is 0.500. The fourth-order valence-corrected chi connectivity index (χ4v) is 0.500. The first-order valence-corrected chi connectivity index (χ1v) is 2.67. The lowest BCUT2D eigenvalue weighted by Gasteiger charge is -2.08. The highest BCUT2D eigenvalue weighted by molar-refractivity contribution is 5.64. The molecular weight excluding hydrogens is 138 g/mol. The molecule has 0 aromatic carbocycles. The highest BCUT2D eigenvalue weighted by atomic mass is 16.7. The van der Waals surface area contributed by atoms with Crippen LogP contribution in [0.4, 0.5) is 4.79 Å².